The number of carbonyl (C=O) groups is 3. The van der Waals surface area contributed by atoms with E-state index in [9.17, 15) is 14.4 Å². The maximum atomic E-state index is 13.3. The summed E-state index contributed by atoms with van der Waals surface area (Å²) in [5, 5.41) is 2.83. The molecule has 0 aromatic heterocycles. The van der Waals surface area contributed by atoms with Crippen molar-refractivity contribution in [2.75, 3.05) is 0 Å². The first-order valence-corrected chi connectivity index (χ1v) is 12.4. The SMILES string of the molecule is CC(C)(C)OC(=O)[N+]1=C2CC[C@@H](C2)[C@H]1C(=O)NC(Cc1ccc(C2=CCCCC2)cc1)C(N)=O. The molecule has 34 heavy (non-hydrogen) atoms. The minimum atomic E-state index is -0.850. The molecule has 7 nitrogen and oxygen atoms in total. The average Bonchev–Trinajstić information content (AvgIpc) is 3.40. The van der Waals surface area contributed by atoms with Crippen molar-refractivity contribution in [1.29, 1.82) is 0 Å². The lowest BCUT2D eigenvalue weighted by Gasteiger charge is -2.23. The molecule has 3 aliphatic rings. The van der Waals surface area contributed by atoms with Crippen molar-refractivity contribution in [2.45, 2.75) is 89.8 Å². The summed E-state index contributed by atoms with van der Waals surface area (Å²) in [5.41, 5.74) is 9.43. The number of hydrogen-bond donors (Lipinski definition) is 2. The Kier molecular flexibility index (Phi) is 6.91. The number of nitrogens with two attached hydrogens (primary N) is 1. The summed E-state index contributed by atoms with van der Waals surface area (Å²) in [4.78, 5) is 38.4. The van der Waals surface area contributed by atoms with Gasteiger partial charge in [-0.1, -0.05) is 30.3 Å². The minimum Gasteiger partial charge on any atom is -0.406 e. The second kappa shape index (κ2) is 9.72. The maximum absolute atomic E-state index is 13.3. The zero-order chi connectivity index (χ0) is 24.5. The van der Waals surface area contributed by atoms with E-state index < -0.39 is 29.7 Å². The van der Waals surface area contributed by atoms with E-state index in [-0.39, 0.29) is 11.8 Å². The first-order valence-electron chi connectivity index (χ1n) is 12.4. The lowest BCUT2D eigenvalue weighted by atomic mass is 9.92. The summed E-state index contributed by atoms with van der Waals surface area (Å²) in [6, 6.07) is 6.62. The zero-order valence-electron chi connectivity index (χ0n) is 20.4. The fourth-order valence-corrected chi connectivity index (χ4v) is 5.31. The Labute approximate surface area is 201 Å². The lowest BCUT2D eigenvalue weighted by molar-refractivity contribution is -0.481. The smallest absolute Gasteiger partial charge is 0.406 e. The van der Waals surface area contributed by atoms with Crippen LogP contribution in [0.1, 0.15) is 76.8 Å². The van der Waals surface area contributed by atoms with E-state index in [1.54, 1.807) is 20.8 Å². The van der Waals surface area contributed by atoms with Gasteiger partial charge in [0.05, 0.1) is 0 Å². The van der Waals surface area contributed by atoms with Gasteiger partial charge in [-0.05, 0) is 69.6 Å². The summed E-state index contributed by atoms with van der Waals surface area (Å²) in [6.07, 6.45) is 9.11. The molecule has 2 bridgehead atoms. The molecule has 2 aliphatic carbocycles. The second-order valence-electron chi connectivity index (χ2n) is 10.7. The van der Waals surface area contributed by atoms with Crippen molar-refractivity contribution in [2.24, 2.45) is 11.7 Å². The zero-order valence-corrected chi connectivity index (χ0v) is 20.4. The van der Waals surface area contributed by atoms with Crippen LogP contribution in [0.25, 0.3) is 5.57 Å². The molecule has 0 radical (unpaired) electrons. The van der Waals surface area contributed by atoms with Crippen molar-refractivity contribution >= 4 is 29.2 Å². The van der Waals surface area contributed by atoms with E-state index in [2.05, 4.69) is 23.5 Å². The Morgan fingerprint density at radius 2 is 1.88 bits per heavy atom. The van der Waals surface area contributed by atoms with Crippen LogP contribution < -0.4 is 11.1 Å². The number of fused-ring (bicyclic) bond motifs is 2. The molecule has 4 rings (SSSR count). The highest BCUT2D eigenvalue weighted by Crippen LogP contribution is 2.35. The van der Waals surface area contributed by atoms with Gasteiger partial charge in [0.2, 0.25) is 11.9 Å². The van der Waals surface area contributed by atoms with Crippen molar-refractivity contribution in [3.8, 4) is 0 Å². The molecule has 0 saturated heterocycles. The van der Waals surface area contributed by atoms with E-state index in [4.69, 9.17) is 10.5 Å². The van der Waals surface area contributed by atoms with Crippen molar-refractivity contribution < 1.29 is 23.7 Å². The molecule has 1 aliphatic heterocycles. The third-order valence-corrected chi connectivity index (χ3v) is 6.94. The molecular weight excluding hydrogens is 430 g/mol. The third-order valence-electron chi connectivity index (χ3n) is 6.94. The van der Waals surface area contributed by atoms with Crippen LogP contribution in [0.15, 0.2) is 30.3 Å². The molecule has 0 spiro atoms. The normalized spacial score (nSPS) is 22.9. The van der Waals surface area contributed by atoms with Crippen LogP contribution in [0.2, 0.25) is 0 Å². The van der Waals surface area contributed by atoms with Gasteiger partial charge in [-0.3, -0.25) is 9.59 Å². The number of rotatable bonds is 6. The van der Waals surface area contributed by atoms with Crippen LogP contribution >= 0.6 is 0 Å². The Bertz CT molecular complexity index is 1030. The van der Waals surface area contributed by atoms with Gasteiger partial charge in [0.15, 0.2) is 5.71 Å². The van der Waals surface area contributed by atoms with Crippen LogP contribution in [-0.4, -0.2) is 45.9 Å². The van der Waals surface area contributed by atoms with Gasteiger partial charge < -0.3 is 15.8 Å². The van der Waals surface area contributed by atoms with Crippen LogP contribution in [0.5, 0.6) is 0 Å². The van der Waals surface area contributed by atoms with Gasteiger partial charge in [-0.25, -0.2) is 0 Å². The Balaban J connectivity index is 1.45. The first-order chi connectivity index (χ1) is 16.1. The Hall–Kier alpha value is -2.96. The molecule has 182 valence electrons. The Morgan fingerprint density at radius 3 is 2.50 bits per heavy atom. The minimum absolute atomic E-state index is 0.0408. The number of nitrogens with one attached hydrogen (secondary N) is 1. The quantitative estimate of drug-likeness (QED) is 0.624. The van der Waals surface area contributed by atoms with Gasteiger partial charge in [0.25, 0.3) is 5.91 Å². The Morgan fingerprint density at radius 1 is 1.15 bits per heavy atom. The monoisotopic (exact) mass is 466 g/mol. The van der Waals surface area contributed by atoms with E-state index in [1.807, 2.05) is 12.1 Å². The van der Waals surface area contributed by atoms with Gasteiger partial charge >= 0.3 is 6.09 Å². The lowest BCUT2D eigenvalue weighted by Crippen LogP contribution is -2.54. The number of ether oxygens (including phenoxy) is 1. The highest BCUT2D eigenvalue weighted by atomic mass is 16.6. The van der Waals surface area contributed by atoms with Crippen LogP contribution in [0.3, 0.4) is 0 Å². The second-order valence-corrected chi connectivity index (χ2v) is 10.7. The van der Waals surface area contributed by atoms with E-state index in [0.29, 0.717) is 12.8 Å². The topological polar surface area (TPSA) is 102 Å². The number of nitrogens with zero attached hydrogens (tertiary/aromatic N) is 1. The van der Waals surface area contributed by atoms with Gasteiger partial charge in [-0.2, -0.15) is 4.79 Å². The maximum Gasteiger partial charge on any atom is 0.597 e. The van der Waals surface area contributed by atoms with Crippen LogP contribution in [-0.2, 0) is 20.7 Å². The predicted octanol–water partition coefficient (Wildman–Crippen LogP) is 3.73. The largest absolute Gasteiger partial charge is 0.597 e. The first kappa shape index (κ1) is 24.2. The van der Waals surface area contributed by atoms with Crippen molar-refractivity contribution in [1.82, 2.24) is 5.32 Å². The summed E-state index contributed by atoms with van der Waals surface area (Å²) in [5.74, 6) is -0.899. The molecular formula is C27H36N3O4+. The number of hydrogen-bond acceptors (Lipinski definition) is 4. The fraction of sp³-hybridized carbons (Fsp3) is 0.556. The van der Waals surface area contributed by atoms with Crippen LogP contribution in [0, 0.1) is 5.92 Å². The standard InChI is InChI=1S/C27H35N3O4/c1-27(2,3)34-26(33)30-21-14-13-20(16-21)23(30)25(32)29-22(24(28)31)15-17-9-11-19(12-10-17)18-7-5-4-6-8-18/h7,9-12,20,22-23H,4-6,8,13-16H2,1-3H3,(H2-,28,29,31,32)/p+1/t20-,22?,23-/m0/s1. The summed E-state index contributed by atoms with van der Waals surface area (Å²) >= 11 is 0. The number of primary amides is 1. The summed E-state index contributed by atoms with van der Waals surface area (Å²) in [6.45, 7) is 5.41. The highest BCUT2D eigenvalue weighted by Gasteiger charge is 2.55. The highest BCUT2D eigenvalue weighted by molar-refractivity contribution is 5.95. The van der Waals surface area contributed by atoms with E-state index in [1.165, 1.54) is 28.6 Å². The molecule has 7 heteroatoms. The number of benzene rings is 1. The number of allylic oxidation sites excluding steroid dienone is 2. The molecule has 1 fully saturated rings. The van der Waals surface area contributed by atoms with Crippen LogP contribution in [0.4, 0.5) is 4.79 Å². The molecule has 3 N–H and O–H groups in total. The summed E-state index contributed by atoms with van der Waals surface area (Å²) in [7, 11) is 0. The molecule has 1 saturated carbocycles. The summed E-state index contributed by atoms with van der Waals surface area (Å²) < 4.78 is 7.05. The molecule has 3 atom stereocenters. The fourth-order valence-electron chi connectivity index (χ4n) is 5.31. The van der Waals surface area contributed by atoms with Crippen molar-refractivity contribution in [3.63, 3.8) is 0 Å². The third kappa shape index (κ3) is 5.40. The molecule has 1 aromatic carbocycles. The molecule has 1 aromatic rings. The predicted molar refractivity (Wildman–Crippen MR) is 130 cm³/mol. The van der Waals surface area contributed by atoms with Crippen molar-refractivity contribution in [3.05, 3.63) is 41.5 Å². The number of carbonyl (C=O) groups excluding carboxylic acids is 3. The van der Waals surface area contributed by atoms with Gasteiger partial charge in [0, 0.05) is 25.2 Å². The average molecular weight is 467 g/mol. The van der Waals surface area contributed by atoms with Gasteiger partial charge in [-0.15, -0.1) is 4.58 Å². The van der Waals surface area contributed by atoms with E-state index >= 15 is 0 Å². The molecule has 1 unspecified atom stereocenters. The molecule has 1 heterocycles. The van der Waals surface area contributed by atoms with E-state index in [0.717, 1.165) is 37.0 Å². The van der Waals surface area contributed by atoms with Gasteiger partial charge in [0.1, 0.15) is 11.6 Å². The number of amides is 3. The molecule has 3 amide bonds.